The summed E-state index contributed by atoms with van der Waals surface area (Å²) >= 11 is 1.40. The van der Waals surface area contributed by atoms with Crippen LogP contribution in [-0.4, -0.2) is 41.0 Å². The van der Waals surface area contributed by atoms with Crippen molar-refractivity contribution in [1.29, 1.82) is 0 Å². The quantitative estimate of drug-likeness (QED) is 0.549. The molecule has 0 bridgehead atoms. The topological polar surface area (TPSA) is 69.1 Å². The number of thioether (sulfide) groups is 1. The number of hydrogen-bond acceptors (Lipinski definition) is 5. The third-order valence-electron chi connectivity index (χ3n) is 1.71. The molecule has 0 spiro atoms. The second kappa shape index (κ2) is 5.18. The molecule has 0 atom stereocenters. The molecule has 0 saturated carbocycles. The Kier molecular flexibility index (Phi) is 4.18. The Labute approximate surface area is 85.6 Å². The van der Waals surface area contributed by atoms with Crippen LogP contribution in [0.25, 0.3) is 0 Å². The zero-order chi connectivity index (χ0) is 10.6. The second-order valence-corrected chi connectivity index (χ2v) is 3.57. The highest BCUT2D eigenvalue weighted by atomic mass is 32.2. The summed E-state index contributed by atoms with van der Waals surface area (Å²) < 4.78 is 11.4. The van der Waals surface area contributed by atoms with Crippen LogP contribution in [0.4, 0.5) is 0 Å². The first-order valence-electron chi connectivity index (χ1n) is 3.98. The molecule has 0 radical (unpaired) electrons. The fraction of sp³-hybridized carbons (Fsp3) is 0.714. The molecule has 0 aliphatic rings. The molecule has 1 aromatic heterocycles. The smallest absolute Gasteiger partial charge is 0.343 e. The predicted molar refractivity (Wildman–Crippen MR) is 52.4 cm³/mol. The molecular weight excluding hydrogens is 206 g/mol. The zero-order valence-electron chi connectivity index (χ0n) is 8.31. The lowest BCUT2D eigenvalue weighted by Gasteiger charge is -2.11. The van der Waals surface area contributed by atoms with Gasteiger partial charge in [0.2, 0.25) is 0 Å². The van der Waals surface area contributed by atoms with E-state index in [0.29, 0.717) is 10.9 Å². The fourth-order valence-electron chi connectivity index (χ4n) is 0.836. The van der Waals surface area contributed by atoms with Crippen molar-refractivity contribution in [1.82, 2.24) is 14.8 Å². The Morgan fingerprint density at radius 3 is 2.64 bits per heavy atom. The lowest BCUT2D eigenvalue weighted by molar-refractivity contribution is -0.0842. The van der Waals surface area contributed by atoms with Crippen molar-refractivity contribution in [3.63, 3.8) is 0 Å². The summed E-state index contributed by atoms with van der Waals surface area (Å²) in [5.74, 6) is 0.588. The van der Waals surface area contributed by atoms with Gasteiger partial charge in [-0.2, -0.15) is 0 Å². The molecular formula is C7H13N3O3S. The molecule has 0 unspecified atom stereocenters. The Morgan fingerprint density at radius 2 is 2.21 bits per heavy atom. The number of hydrogen-bond donors (Lipinski definition) is 1. The largest absolute Gasteiger partial charge is 0.355 e. The maximum absolute atomic E-state index is 11.0. The molecule has 0 aromatic carbocycles. The number of ether oxygens (including phenoxy) is 2. The molecule has 0 amide bonds. The normalized spacial score (nSPS) is 11.1. The van der Waals surface area contributed by atoms with Crippen molar-refractivity contribution in [2.24, 2.45) is 7.05 Å². The van der Waals surface area contributed by atoms with Gasteiger partial charge in [-0.15, -0.1) is 5.10 Å². The van der Waals surface area contributed by atoms with Crippen LogP contribution in [0.5, 0.6) is 0 Å². The molecule has 1 N–H and O–H groups in total. The van der Waals surface area contributed by atoms with E-state index >= 15 is 0 Å². The molecule has 80 valence electrons. The molecule has 0 aliphatic heterocycles. The minimum atomic E-state index is -0.285. The van der Waals surface area contributed by atoms with Crippen LogP contribution in [0.3, 0.4) is 0 Å². The number of rotatable bonds is 5. The van der Waals surface area contributed by atoms with E-state index < -0.39 is 0 Å². The van der Waals surface area contributed by atoms with Crippen molar-refractivity contribution in [3.05, 3.63) is 10.5 Å². The Morgan fingerprint density at radius 1 is 1.57 bits per heavy atom. The number of aromatic amines is 1. The summed E-state index contributed by atoms with van der Waals surface area (Å²) in [7, 11) is 4.79. The van der Waals surface area contributed by atoms with Crippen LogP contribution in [0.2, 0.25) is 0 Å². The van der Waals surface area contributed by atoms with Crippen molar-refractivity contribution >= 4 is 11.8 Å². The minimum Gasteiger partial charge on any atom is -0.355 e. The Bertz CT molecular complexity index is 331. The highest BCUT2D eigenvalue weighted by molar-refractivity contribution is 7.99. The van der Waals surface area contributed by atoms with Gasteiger partial charge in [0.15, 0.2) is 11.4 Å². The summed E-state index contributed by atoms with van der Waals surface area (Å²) in [6.07, 6.45) is -0.285. The molecule has 7 heteroatoms. The van der Waals surface area contributed by atoms with Gasteiger partial charge in [0, 0.05) is 21.3 Å². The summed E-state index contributed by atoms with van der Waals surface area (Å²) in [6, 6.07) is 0. The predicted octanol–water partition coefficient (Wildman–Crippen LogP) is -0.181. The second-order valence-electron chi connectivity index (χ2n) is 2.58. The van der Waals surface area contributed by atoms with Crippen LogP contribution in [0, 0.1) is 0 Å². The van der Waals surface area contributed by atoms with Crippen LogP contribution in [0.1, 0.15) is 0 Å². The molecule has 0 fully saturated rings. The standard InChI is InChI=1S/C7H13N3O3S/c1-10-6(11)8-9-7(10)14-4-5(12-2)13-3/h5H,4H2,1-3H3,(H,8,11). The van der Waals surface area contributed by atoms with Gasteiger partial charge in [-0.25, -0.2) is 9.89 Å². The maximum Gasteiger partial charge on any atom is 0.343 e. The summed E-state index contributed by atoms with van der Waals surface area (Å²) in [6.45, 7) is 0. The van der Waals surface area contributed by atoms with Crippen LogP contribution >= 0.6 is 11.8 Å². The first-order chi connectivity index (χ1) is 6.69. The molecule has 14 heavy (non-hydrogen) atoms. The summed E-state index contributed by atoms with van der Waals surface area (Å²) in [5, 5.41) is 6.80. The molecule has 0 aliphatic carbocycles. The number of H-pyrrole nitrogens is 1. The summed E-state index contributed by atoms with van der Waals surface area (Å²) in [4.78, 5) is 11.0. The van der Waals surface area contributed by atoms with Crippen LogP contribution in [0.15, 0.2) is 9.95 Å². The first-order valence-corrected chi connectivity index (χ1v) is 4.97. The van der Waals surface area contributed by atoms with E-state index in [1.165, 1.54) is 16.3 Å². The van der Waals surface area contributed by atoms with Gasteiger partial charge in [0.1, 0.15) is 0 Å². The molecule has 1 aromatic rings. The average molecular weight is 219 g/mol. The van der Waals surface area contributed by atoms with Gasteiger partial charge in [-0.1, -0.05) is 11.8 Å². The van der Waals surface area contributed by atoms with Gasteiger partial charge >= 0.3 is 5.69 Å². The van der Waals surface area contributed by atoms with Crippen molar-refractivity contribution in [2.45, 2.75) is 11.4 Å². The summed E-state index contributed by atoms with van der Waals surface area (Å²) in [5.41, 5.74) is -0.223. The Balaban J connectivity index is 2.53. The number of nitrogens with zero attached hydrogens (tertiary/aromatic N) is 2. The van der Waals surface area contributed by atoms with E-state index in [2.05, 4.69) is 10.2 Å². The van der Waals surface area contributed by atoms with Crippen molar-refractivity contribution in [3.8, 4) is 0 Å². The fourth-order valence-corrected chi connectivity index (χ4v) is 1.78. The molecule has 6 nitrogen and oxygen atoms in total. The number of aromatic nitrogens is 3. The third-order valence-corrected chi connectivity index (χ3v) is 2.78. The maximum atomic E-state index is 11.0. The van der Waals surface area contributed by atoms with Gasteiger partial charge < -0.3 is 9.47 Å². The van der Waals surface area contributed by atoms with Gasteiger partial charge in [0.05, 0.1) is 5.75 Å². The third kappa shape index (κ3) is 2.60. The van der Waals surface area contributed by atoms with Gasteiger partial charge in [0.25, 0.3) is 0 Å². The van der Waals surface area contributed by atoms with Crippen LogP contribution < -0.4 is 5.69 Å². The van der Waals surface area contributed by atoms with E-state index in [-0.39, 0.29) is 12.0 Å². The van der Waals surface area contributed by atoms with Crippen molar-refractivity contribution < 1.29 is 9.47 Å². The van der Waals surface area contributed by atoms with Crippen molar-refractivity contribution in [2.75, 3.05) is 20.0 Å². The molecule has 0 saturated heterocycles. The van der Waals surface area contributed by atoms with Gasteiger partial charge in [-0.05, 0) is 0 Å². The van der Waals surface area contributed by atoms with Gasteiger partial charge in [-0.3, -0.25) is 4.57 Å². The van der Waals surface area contributed by atoms with Crippen LogP contribution in [-0.2, 0) is 16.5 Å². The molecule has 1 rings (SSSR count). The van der Waals surface area contributed by atoms with E-state index in [9.17, 15) is 4.79 Å². The van der Waals surface area contributed by atoms with E-state index in [0.717, 1.165) is 0 Å². The highest BCUT2D eigenvalue weighted by Crippen LogP contribution is 2.14. The zero-order valence-corrected chi connectivity index (χ0v) is 9.13. The Hall–Kier alpha value is -0.790. The number of nitrogens with one attached hydrogen (secondary N) is 1. The average Bonchev–Trinajstić information content (AvgIpc) is 2.51. The SMILES string of the molecule is COC(CSc1n[nH]c(=O)n1C)OC. The van der Waals surface area contributed by atoms with E-state index in [1.807, 2.05) is 0 Å². The minimum absolute atomic E-state index is 0.223. The lowest BCUT2D eigenvalue weighted by Crippen LogP contribution is -2.17. The highest BCUT2D eigenvalue weighted by Gasteiger charge is 2.09. The molecule has 1 heterocycles. The first kappa shape index (κ1) is 11.3. The lowest BCUT2D eigenvalue weighted by atomic mass is 10.7. The number of methoxy groups -OCH3 is 2. The van der Waals surface area contributed by atoms with E-state index in [4.69, 9.17) is 9.47 Å². The monoisotopic (exact) mass is 219 g/mol. The van der Waals surface area contributed by atoms with E-state index in [1.54, 1.807) is 21.3 Å².